The van der Waals surface area contributed by atoms with Crippen LogP contribution in [-0.2, 0) is 13.6 Å². The van der Waals surface area contributed by atoms with Gasteiger partial charge in [0.15, 0.2) is 0 Å². The summed E-state index contributed by atoms with van der Waals surface area (Å²) in [5, 5.41) is 12.4. The number of nitrogens with zero attached hydrogens (tertiary/aromatic N) is 3. The summed E-state index contributed by atoms with van der Waals surface area (Å²) in [7, 11) is 1.72. The summed E-state index contributed by atoms with van der Waals surface area (Å²) in [6, 6.07) is 3.68. The number of nitrogens with two attached hydrogens (primary N) is 1. The van der Waals surface area contributed by atoms with Crippen LogP contribution in [0, 0.1) is 11.3 Å². The van der Waals surface area contributed by atoms with Gasteiger partial charge in [0.25, 0.3) is 0 Å². The summed E-state index contributed by atoms with van der Waals surface area (Å²) >= 11 is 0. The molecular weight excluding hydrogens is 164 g/mol. The fourth-order valence-electron chi connectivity index (χ4n) is 0.731. The summed E-state index contributed by atoms with van der Waals surface area (Å²) < 4.78 is 1.52. The SMILES string of the molecule is Cl.Cn1nc(CN)cc1C#N. The predicted molar refractivity (Wildman–Crippen MR) is 43.1 cm³/mol. The second-order valence-corrected chi connectivity index (χ2v) is 1.96. The van der Waals surface area contributed by atoms with Gasteiger partial charge in [0.1, 0.15) is 11.8 Å². The van der Waals surface area contributed by atoms with Crippen molar-refractivity contribution in [2.45, 2.75) is 6.54 Å². The van der Waals surface area contributed by atoms with E-state index in [0.717, 1.165) is 5.69 Å². The molecule has 0 saturated carbocycles. The Hall–Kier alpha value is -1.05. The number of nitriles is 1. The standard InChI is InChI=1S/C6H8N4.ClH/c1-10-6(4-8)2-5(3-7)9-10;/h2H,3,7H2,1H3;1H. The van der Waals surface area contributed by atoms with Crippen molar-refractivity contribution < 1.29 is 0 Å². The van der Waals surface area contributed by atoms with Crippen molar-refractivity contribution in [2.24, 2.45) is 12.8 Å². The molecule has 0 radical (unpaired) electrons. The quantitative estimate of drug-likeness (QED) is 0.657. The molecule has 4 nitrogen and oxygen atoms in total. The van der Waals surface area contributed by atoms with Crippen molar-refractivity contribution in [3.8, 4) is 6.07 Å². The molecule has 1 aromatic rings. The third kappa shape index (κ3) is 1.93. The van der Waals surface area contributed by atoms with E-state index < -0.39 is 0 Å². The Kier molecular flexibility index (Phi) is 3.58. The van der Waals surface area contributed by atoms with Crippen LogP contribution >= 0.6 is 12.4 Å². The highest BCUT2D eigenvalue weighted by atomic mass is 35.5. The summed E-state index contributed by atoms with van der Waals surface area (Å²) in [4.78, 5) is 0. The van der Waals surface area contributed by atoms with Crippen LogP contribution in [-0.4, -0.2) is 9.78 Å². The van der Waals surface area contributed by atoms with Gasteiger partial charge in [-0.15, -0.1) is 12.4 Å². The van der Waals surface area contributed by atoms with Gasteiger partial charge in [0, 0.05) is 13.6 Å². The van der Waals surface area contributed by atoms with Crippen molar-refractivity contribution in [1.29, 1.82) is 5.26 Å². The normalized spacial score (nSPS) is 8.45. The monoisotopic (exact) mass is 172 g/mol. The molecule has 0 aromatic carbocycles. The van der Waals surface area contributed by atoms with Crippen molar-refractivity contribution in [3.63, 3.8) is 0 Å². The van der Waals surface area contributed by atoms with Crippen molar-refractivity contribution in [2.75, 3.05) is 0 Å². The molecule has 1 rings (SSSR count). The Bertz CT molecular complexity index is 273. The molecule has 0 aliphatic rings. The van der Waals surface area contributed by atoms with Gasteiger partial charge >= 0.3 is 0 Å². The maximum atomic E-state index is 8.48. The first-order chi connectivity index (χ1) is 4.77. The minimum Gasteiger partial charge on any atom is -0.325 e. The van der Waals surface area contributed by atoms with Crippen molar-refractivity contribution in [1.82, 2.24) is 9.78 Å². The van der Waals surface area contributed by atoms with E-state index in [0.29, 0.717) is 12.2 Å². The molecule has 1 aromatic heterocycles. The van der Waals surface area contributed by atoms with Crippen LogP contribution in [0.4, 0.5) is 0 Å². The van der Waals surface area contributed by atoms with Crippen LogP contribution in [0.1, 0.15) is 11.4 Å². The number of aromatic nitrogens is 2. The molecule has 0 aliphatic carbocycles. The van der Waals surface area contributed by atoms with E-state index in [2.05, 4.69) is 5.10 Å². The second kappa shape index (κ2) is 3.96. The second-order valence-electron chi connectivity index (χ2n) is 1.96. The number of halogens is 1. The van der Waals surface area contributed by atoms with E-state index in [-0.39, 0.29) is 12.4 Å². The smallest absolute Gasteiger partial charge is 0.138 e. The van der Waals surface area contributed by atoms with Gasteiger partial charge in [-0.25, -0.2) is 0 Å². The van der Waals surface area contributed by atoms with Gasteiger partial charge in [-0.05, 0) is 6.07 Å². The average Bonchev–Trinajstić information content (AvgIpc) is 2.30. The highest BCUT2D eigenvalue weighted by Crippen LogP contribution is 1.98. The third-order valence-corrected chi connectivity index (χ3v) is 1.25. The first kappa shape index (κ1) is 9.95. The Labute approximate surface area is 71.0 Å². The molecule has 0 aliphatic heterocycles. The summed E-state index contributed by atoms with van der Waals surface area (Å²) in [6.45, 7) is 0.384. The maximum Gasteiger partial charge on any atom is 0.138 e. The number of rotatable bonds is 1. The number of hydrogen-bond acceptors (Lipinski definition) is 3. The van der Waals surface area contributed by atoms with E-state index in [1.165, 1.54) is 4.68 Å². The largest absolute Gasteiger partial charge is 0.325 e. The van der Waals surface area contributed by atoms with Gasteiger partial charge in [0.05, 0.1) is 5.69 Å². The van der Waals surface area contributed by atoms with Crippen LogP contribution in [0.25, 0.3) is 0 Å². The van der Waals surface area contributed by atoms with Gasteiger partial charge in [-0.3, -0.25) is 4.68 Å². The molecule has 0 bridgehead atoms. The van der Waals surface area contributed by atoms with Crippen LogP contribution in [0.5, 0.6) is 0 Å². The lowest BCUT2D eigenvalue weighted by Gasteiger charge is -1.86. The molecule has 5 heteroatoms. The Morgan fingerprint density at radius 3 is 2.73 bits per heavy atom. The van der Waals surface area contributed by atoms with E-state index in [9.17, 15) is 0 Å². The van der Waals surface area contributed by atoms with Gasteiger partial charge in [-0.2, -0.15) is 10.4 Å². The van der Waals surface area contributed by atoms with Crippen molar-refractivity contribution in [3.05, 3.63) is 17.5 Å². The fraction of sp³-hybridized carbons (Fsp3) is 0.333. The van der Waals surface area contributed by atoms with Gasteiger partial charge in [-0.1, -0.05) is 0 Å². The molecule has 0 atom stereocenters. The molecule has 1 heterocycles. The predicted octanol–water partition coefficient (Wildman–Crippen LogP) is 0.172. The number of aryl methyl sites for hydroxylation is 1. The highest BCUT2D eigenvalue weighted by molar-refractivity contribution is 5.85. The van der Waals surface area contributed by atoms with E-state index in [1.54, 1.807) is 13.1 Å². The summed E-state index contributed by atoms with van der Waals surface area (Å²) in [6.07, 6.45) is 0. The maximum absolute atomic E-state index is 8.48. The van der Waals surface area contributed by atoms with Crippen molar-refractivity contribution >= 4 is 12.4 Å². The third-order valence-electron chi connectivity index (χ3n) is 1.25. The minimum atomic E-state index is 0. The number of hydrogen-bond donors (Lipinski definition) is 1. The van der Waals surface area contributed by atoms with Crippen LogP contribution in [0.3, 0.4) is 0 Å². The zero-order valence-electron chi connectivity index (χ0n) is 6.11. The molecule has 60 valence electrons. The summed E-state index contributed by atoms with van der Waals surface area (Å²) in [5.41, 5.74) is 6.59. The minimum absolute atomic E-state index is 0. The Morgan fingerprint density at radius 2 is 2.45 bits per heavy atom. The molecule has 0 amide bonds. The average molecular weight is 173 g/mol. The summed E-state index contributed by atoms with van der Waals surface area (Å²) in [5.74, 6) is 0. The lowest BCUT2D eigenvalue weighted by molar-refractivity contribution is 0.733. The zero-order valence-corrected chi connectivity index (χ0v) is 6.93. The first-order valence-electron chi connectivity index (χ1n) is 2.91. The molecule has 0 spiro atoms. The van der Waals surface area contributed by atoms with Crippen LogP contribution in [0.15, 0.2) is 6.07 Å². The van der Waals surface area contributed by atoms with Crippen LogP contribution in [0.2, 0.25) is 0 Å². The van der Waals surface area contributed by atoms with Gasteiger partial charge < -0.3 is 5.73 Å². The highest BCUT2D eigenvalue weighted by Gasteiger charge is 2.00. The zero-order chi connectivity index (χ0) is 7.56. The molecule has 0 fully saturated rings. The van der Waals surface area contributed by atoms with E-state index in [4.69, 9.17) is 11.0 Å². The lowest BCUT2D eigenvalue weighted by atomic mass is 10.4. The Balaban J connectivity index is 0.000001000. The molecule has 0 unspecified atom stereocenters. The lowest BCUT2D eigenvalue weighted by Crippen LogP contribution is -1.98. The fourth-order valence-corrected chi connectivity index (χ4v) is 0.731. The molecule has 2 N–H and O–H groups in total. The first-order valence-corrected chi connectivity index (χ1v) is 2.91. The van der Waals surface area contributed by atoms with Crippen LogP contribution < -0.4 is 5.73 Å². The topological polar surface area (TPSA) is 67.6 Å². The van der Waals surface area contributed by atoms with Gasteiger partial charge in [0.2, 0.25) is 0 Å². The van der Waals surface area contributed by atoms with E-state index in [1.807, 2.05) is 6.07 Å². The van der Waals surface area contributed by atoms with E-state index >= 15 is 0 Å². The molecular formula is C6H9ClN4. The molecule has 11 heavy (non-hydrogen) atoms. The Morgan fingerprint density at radius 1 is 1.82 bits per heavy atom. The molecule has 0 saturated heterocycles.